The predicted molar refractivity (Wildman–Crippen MR) is 103 cm³/mol. The van der Waals surface area contributed by atoms with Crippen LogP contribution in [0.5, 0.6) is 0 Å². The summed E-state index contributed by atoms with van der Waals surface area (Å²) in [6.45, 7) is 7.38. The zero-order valence-corrected chi connectivity index (χ0v) is 17.0. The van der Waals surface area contributed by atoms with Crippen LogP contribution in [0.2, 0.25) is 0 Å². The zero-order chi connectivity index (χ0) is 21.5. The number of rotatable bonds is 5. The Morgan fingerprint density at radius 2 is 1.93 bits per heavy atom. The number of ether oxygens (including phenoxy) is 2. The molecule has 1 saturated heterocycles. The second kappa shape index (κ2) is 8.45. The van der Waals surface area contributed by atoms with Gasteiger partial charge >= 0.3 is 5.97 Å². The average Bonchev–Trinajstić information content (AvgIpc) is 2.69. The lowest BCUT2D eigenvalue weighted by atomic mass is 9.59. The second-order valence-electron chi connectivity index (χ2n) is 8.81. The fourth-order valence-corrected chi connectivity index (χ4v) is 5.07. The Morgan fingerprint density at radius 1 is 1.24 bits per heavy atom. The van der Waals surface area contributed by atoms with Crippen LogP contribution in [0.15, 0.2) is 23.3 Å². The topological polar surface area (TPSA) is 137 Å². The van der Waals surface area contributed by atoms with E-state index in [2.05, 4.69) is 20.4 Å². The van der Waals surface area contributed by atoms with Crippen LogP contribution < -0.4 is 0 Å². The molecule has 29 heavy (non-hydrogen) atoms. The molecule has 0 aromatic heterocycles. The van der Waals surface area contributed by atoms with Crippen LogP contribution in [-0.4, -0.2) is 74.9 Å². The van der Waals surface area contributed by atoms with Gasteiger partial charge in [-0.1, -0.05) is 24.6 Å². The van der Waals surface area contributed by atoms with Crippen LogP contribution in [0, 0.1) is 11.3 Å². The summed E-state index contributed by atoms with van der Waals surface area (Å²) in [6.07, 6.45) is -3.35. The van der Waals surface area contributed by atoms with Gasteiger partial charge in [0.2, 0.25) is 0 Å². The van der Waals surface area contributed by atoms with Gasteiger partial charge in [-0.2, -0.15) is 0 Å². The molecule has 164 valence electrons. The predicted octanol–water partition coefficient (Wildman–Crippen LogP) is 0.729. The average molecular weight is 412 g/mol. The molecule has 1 heterocycles. The van der Waals surface area contributed by atoms with Gasteiger partial charge in [0.05, 0.1) is 12.7 Å². The molecular weight excluding hydrogens is 380 g/mol. The zero-order valence-electron chi connectivity index (χ0n) is 17.0. The van der Waals surface area contributed by atoms with Gasteiger partial charge in [-0.15, -0.1) is 0 Å². The SMILES string of the molecule is C=C(C(=O)O)C1CCC2(C)C(=C(C)CCC2OC2OC(CO)C(O)C(O)C2O)C1. The Labute approximate surface area is 170 Å². The van der Waals surface area contributed by atoms with Crippen molar-refractivity contribution in [1.29, 1.82) is 0 Å². The second-order valence-corrected chi connectivity index (χ2v) is 8.81. The van der Waals surface area contributed by atoms with E-state index in [4.69, 9.17) is 9.47 Å². The maximum Gasteiger partial charge on any atom is 0.331 e. The molecule has 2 aliphatic carbocycles. The lowest BCUT2D eigenvalue weighted by molar-refractivity contribution is -0.319. The van der Waals surface area contributed by atoms with Crippen molar-refractivity contribution in [1.82, 2.24) is 0 Å². The summed E-state index contributed by atoms with van der Waals surface area (Å²) in [4.78, 5) is 11.4. The first-order valence-corrected chi connectivity index (χ1v) is 10.2. The molecule has 3 aliphatic rings. The summed E-state index contributed by atoms with van der Waals surface area (Å²) in [5.41, 5.74) is 2.27. The number of carboxylic acids is 1. The Balaban J connectivity index is 1.79. The van der Waals surface area contributed by atoms with Crippen molar-refractivity contribution in [2.75, 3.05) is 6.61 Å². The Bertz CT molecular complexity index is 686. The molecule has 3 rings (SSSR count). The molecule has 8 unspecified atom stereocenters. The lowest BCUT2D eigenvalue weighted by Gasteiger charge is -2.50. The van der Waals surface area contributed by atoms with Crippen LogP contribution in [0.1, 0.15) is 46.0 Å². The van der Waals surface area contributed by atoms with Gasteiger partial charge in [0.25, 0.3) is 0 Å². The summed E-state index contributed by atoms with van der Waals surface area (Å²) < 4.78 is 11.7. The number of hydrogen-bond donors (Lipinski definition) is 5. The monoisotopic (exact) mass is 412 g/mol. The van der Waals surface area contributed by atoms with E-state index in [9.17, 15) is 30.3 Å². The van der Waals surface area contributed by atoms with Gasteiger partial charge in [-0.05, 0) is 44.9 Å². The van der Waals surface area contributed by atoms with Crippen molar-refractivity contribution in [2.24, 2.45) is 11.3 Å². The summed E-state index contributed by atoms with van der Waals surface area (Å²) in [5.74, 6) is -1.08. The molecule has 5 N–H and O–H groups in total. The molecule has 0 spiro atoms. The fourth-order valence-electron chi connectivity index (χ4n) is 5.07. The Morgan fingerprint density at radius 3 is 2.55 bits per heavy atom. The number of aliphatic hydroxyl groups is 4. The fraction of sp³-hybridized carbons (Fsp3) is 0.762. The molecule has 0 amide bonds. The van der Waals surface area contributed by atoms with E-state index < -0.39 is 43.3 Å². The first-order valence-electron chi connectivity index (χ1n) is 10.2. The lowest BCUT2D eigenvalue weighted by Crippen LogP contribution is -2.60. The van der Waals surface area contributed by atoms with Gasteiger partial charge in [-0.25, -0.2) is 4.79 Å². The minimum absolute atomic E-state index is 0.114. The molecule has 8 heteroatoms. The van der Waals surface area contributed by atoms with Crippen LogP contribution in [0.3, 0.4) is 0 Å². The molecular formula is C21H32O8. The molecule has 1 saturated carbocycles. The maximum atomic E-state index is 11.4. The van der Waals surface area contributed by atoms with Crippen molar-refractivity contribution < 1.29 is 39.8 Å². The minimum Gasteiger partial charge on any atom is -0.478 e. The van der Waals surface area contributed by atoms with E-state index in [1.165, 1.54) is 5.57 Å². The van der Waals surface area contributed by atoms with Crippen molar-refractivity contribution in [3.63, 3.8) is 0 Å². The molecule has 0 aromatic rings. The molecule has 8 atom stereocenters. The molecule has 2 fully saturated rings. The Kier molecular flexibility index (Phi) is 6.53. The number of aliphatic carboxylic acids is 1. The highest BCUT2D eigenvalue weighted by atomic mass is 16.7. The number of aliphatic hydroxyl groups excluding tert-OH is 4. The first-order chi connectivity index (χ1) is 13.6. The number of fused-ring (bicyclic) bond motifs is 1. The van der Waals surface area contributed by atoms with Crippen molar-refractivity contribution in [2.45, 2.75) is 82.8 Å². The quantitative estimate of drug-likeness (QED) is 0.329. The van der Waals surface area contributed by atoms with Crippen molar-refractivity contribution >= 4 is 5.97 Å². The van der Waals surface area contributed by atoms with E-state index in [0.717, 1.165) is 12.0 Å². The number of hydrogen-bond acceptors (Lipinski definition) is 7. The molecule has 0 bridgehead atoms. The van der Waals surface area contributed by atoms with Gasteiger partial charge in [-0.3, -0.25) is 0 Å². The molecule has 0 aromatic carbocycles. The normalized spacial score (nSPS) is 43.0. The van der Waals surface area contributed by atoms with E-state index in [1.54, 1.807) is 0 Å². The number of carbonyl (C=O) groups is 1. The third-order valence-corrected chi connectivity index (χ3v) is 7.07. The number of allylic oxidation sites excluding steroid dienone is 1. The molecule has 8 nitrogen and oxygen atoms in total. The van der Waals surface area contributed by atoms with E-state index in [0.29, 0.717) is 25.7 Å². The van der Waals surface area contributed by atoms with E-state index in [-0.39, 0.29) is 23.0 Å². The smallest absolute Gasteiger partial charge is 0.331 e. The van der Waals surface area contributed by atoms with Crippen LogP contribution in [0.4, 0.5) is 0 Å². The standard InChI is InChI=1S/C21H32O8/c1-10-4-5-15(29-20-18(25)17(24)16(23)14(9-22)28-20)21(3)7-6-12(8-13(10)21)11(2)19(26)27/h12,14-18,20,22-25H,2,4-9H2,1,3H3,(H,26,27). The highest BCUT2D eigenvalue weighted by Gasteiger charge is 2.50. The van der Waals surface area contributed by atoms with Crippen LogP contribution in [-0.2, 0) is 14.3 Å². The maximum absolute atomic E-state index is 11.4. The van der Waals surface area contributed by atoms with Gasteiger partial charge < -0.3 is 35.0 Å². The van der Waals surface area contributed by atoms with Crippen LogP contribution >= 0.6 is 0 Å². The summed E-state index contributed by atoms with van der Waals surface area (Å²) in [6, 6.07) is 0. The van der Waals surface area contributed by atoms with Gasteiger partial charge in [0.15, 0.2) is 6.29 Å². The molecule has 0 radical (unpaired) electrons. The van der Waals surface area contributed by atoms with Gasteiger partial charge in [0.1, 0.15) is 24.4 Å². The highest BCUT2D eigenvalue weighted by Crippen LogP contribution is 2.53. The van der Waals surface area contributed by atoms with E-state index in [1.807, 2.05) is 0 Å². The summed E-state index contributed by atoms with van der Waals surface area (Å²) in [7, 11) is 0. The summed E-state index contributed by atoms with van der Waals surface area (Å²) >= 11 is 0. The van der Waals surface area contributed by atoms with Crippen molar-refractivity contribution in [3.8, 4) is 0 Å². The third-order valence-electron chi connectivity index (χ3n) is 7.07. The van der Waals surface area contributed by atoms with Crippen molar-refractivity contribution in [3.05, 3.63) is 23.3 Å². The summed E-state index contributed by atoms with van der Waals surface area (Å²) in [5, 5.41) is 49.0. The highest BCUT2D eigenvalue weighted by molar-refractivity contribution is 5.86. The largest absolute Gasteiger partial charge is 0.478 e. The first kappa shape index (κ1) is 22.4. The van der Waals surface area contributed by atoms with Crippen LogP contribution in [0.25, 0.3) is 0 Å². The Hall–Kier alpha value is -1.29. The van der Waals surface area contributed by atoms with E-state index >= 15 is 0 Å². The number of carboxylic acid groups (broad SMARTS) is 1. The minimum atomic E-state index is -1.48. The van der Waals surface area contributed by atoms with Gasteiger partial charge in [0, 0.05) is 11.0 Å². The molecule has 1 aliphatic heterocycles. The third kappa shape index (κ3) is 4.02.